The van der Waals surface area contributed by atoms with E-state index in [1.807, 2.05) is 37.5 Å². The highest BCUT2D eigenvalue weighted by molar-refractivity contribution is 6.14. The van der Waals surface area contributed by atoms with E-state index in [-0.39, 0.29) is 11.7 Å². The molecule has 26 heavy (non-hydrogen) atoms. The van der Waals surface area contributed by atoms with Gasteiger partial charge in [-0.05, 0) is 62.2 Å². The third-order valence-corrected chi connectivity index (χ3v) is 4.35. The largest absolute Gasteiger partial charge is 0.465 e. The van der Waals surface area contributed by atoms with E-state index in [9.17, 15) is 14.4 Å². The van der Waals surface area contributed by atoms with Crippen molar-refractivity contribution >= 4 is 24.0 Å². The highest BCUT2D eigenvalue weighted by Crippen LogP contribution is 2.25. The molecule has 0 atom stereocenters. The minimum absolute atomic E-state index is 0.216. The molecule has 1 aliphatic rings. The molecular formula is C19H19N3O4. The number of aryl methyl sites for hydroxylation is 2. The second-order valence-corrected chi connectivity index (χ2v) is 6.12. The van der Waals surface area contributed by atoms with E-state index in [0.29, 0.717) is 5.56 Å². The lowest BCUT2D eigenvalue weighted by Crippen LogP contribution is -2.22. The average molecular weight is 353 g/mol. The Hall–Kier alpha value is -3.35. The summed E-state index contributed by atoms with van der Waals surface area (Å²) in [6.45, 7) is 5.81. The van der Waals surface area contributed by atoms with E-state index in [1.54, 1.807) is 18.2 Å². The number of amides is 3. The van der Waals surface area contributed by atoms with E-state index in [1.165, 1.54) is 7.11 Å². The van der Waals surface area contributed by atoms with Gasteiger partial charge in [0, 0.05) is 17.1 Å². The van der Waals surface area contributed by atoms with E-state index in [2.05, 4.69) is 10.6 Å². The first-order valence-corrected chi connectivity index (χ1v) is 8.04. The maximum Gasteiger partial charge on any atom is 0.337 e. The van der Waals surface area contributed by atoms with Crippen LogP contribution in [-0.4, -0.2) is 29.6 Å². The molecule has 2 N–H and O–H groups in total. The predicted octanol–water partition coefficient (Wildman–Crippen LogP) is 2.37. The Balaban J connectivity index is 2.04. The van der Waals surface area contributed by atoms with Gasteiger partial charge in [-0.25, -0.2) is 9.59 Å². The summed E-state index contributed by atoms with van der Waals surface area (Å²) < 4.78 is 6.79. The van der Waals surface area contributed by atoms with E-state index in [4.69, 9.17) is 4.74 Å². The average Bonchev–Trinajstić information content (AvgIpc) is 3.05. The smallest absolute Gasteiger partial charge is 0.337 e. The molecular weight excluding hydrogens is 334 g/mol. The number of rotatable bonds is 3. The molecule has 134 valence electrons. The summed E-state index contributed by atoms with van der Waals surface area (Å²) in [6, 6.07) is 6.78. The van der Waals surface area contributed by atoms with Crippen LogP contribution in [0.5, 0.6) is 0 Å². The molecule has 3 amide bonds. The summed E-state index contributed by atoms with van der Waals surface area (Å²) in [5.41, 5.74) is 5.26. The Morgan fingerprint density at radius 2 is 1.85 bits per heavy atom. The standard InChI is InChI=1S/C19H19N3O4/c1-10-7-13(18(24)26-4)5-6-16(10)22-11(2)8-14(12(22)3)9-15-17(23)21-19(25)20-15/h5-9H,1-4H3,(H2,20,21,23,25)/b15-9-. The first-order chi connectivity index (χ1) is 12.3. The van der Waals surface area contributed by atoms with E-state index in [0.717, 1.165) is 28.2 Å². The first-order valence-electron chi connectivity index (χ1n) is 8.04. The monoisotopic (exact) mass is 353 g/mol. The summed E-state index contributed by atoms with van der Waals surface area (Å²) in [5.74, 6) is -0.826. The second kappa shape index (κ2) is 6.51. The molecule has 7 nitrogen and oxygen atoms in total. The van der Waals surface area contributed by atoms with Crippen molar-refractivity contribution in [2.45, 2.75) is 20.8 Å². The fourth-order valence-electron chi connectivity index (χ4n) is 3.09. The summed E-state index contributed by atoms with van der Waals surface area (Å²) in [6.07, 6.45) is 1.65. The third-order valence-electron chi connectivity index (χ3n) is 4.35. The zero-order chi connectivity index (χ0) is 19.0. The number of carbonyl (C=O) groups is 3. The molecule has 1 aromatic carbocycles. The van der Waals surface area contributed by atoms with Gasteiger partial charge in [0.1, 0.15) is 5.70 Å². The van der Waals surface area contributed by atoms with Gasteiger partial charge < -0.3 is 14.6 Å². The van der Waals surface area contributed by atoms with Crippen LogP contribution in [0.1, 0.15) is 32.9 Å². The van der Waals surface area contributed by atoms with Crippen LogP contribution in [0, 0.1) is 20.8 Å². The molecule has 0 aliphatic carbocycles. The maximum atomic E-state index is 11.7. The van der Waals surface area contributed by atoms with Crippen LogP contribution >= 0.6 is 0 Å². The van der Waals surface area contributed by atoms with Crippen molar-refractivity contribution in [3.05, 3.63) is 58.0 Å². The summed E-state index contributed by atoms with van der Waals surface area (Å²) >= 11 is 0. The van der Waals surface area contributed by atoms with Crippen molar-refractivity contribution in [3.63, 3.8) is 0 Å². The van der Waals surface area contributed by atoms with Crippen LogP contribution in [-0.2, 0) is 9.53 Å². The highest BCUT2D eigenvalue weighted by Gasteiger charge is 2.23. The van der Waals surface area contributed by atoms with Crippen molar-refractivity contribution in [2.24, 2.45) is 0 Å². The first kappa shape index (κ1) is 17.5. The Kier molecular flexibility index (Phi) is 4.38. The number of aromatic nitrogens is 1. The predicted molar refractivity (Wildman–Crippen MR) is 96.0 cm³/mol. The molecule has 2 aromatic rings. The van der Waals surface area contributed by atoms with Crippen LogP contribution in [0.15, 0.2) is 30.0 Å². The minimum atomic E-state index is -0.524. The van der Waals surface area contributed by atoms with Crippen molar-refractivity contribution in [3.8, 4) is 5.69 Å². The van der Waals surface area contributed by atoms with Gasteiger partial charge in [0.05, 0.1) is 12.7 Å². The fraction of sp³-hybridized carbons (Fsp3) is 0.211. The zero-order valence-electron chi connectivity index (χ0n) is 15.0. The number of nitrogens with one attached hydrogen (secondary N) is 2. The molecule has 0 saturated carbocycles. The summed E-state index contributed by atoms with van der Waals surface area (Å²) in [7, 11) is 1.35. The van der Waals surface area contributed by atoms with Crippen molar-refractivity contribution < 1.29 is 19.1 Å². The number of nitrogens with zero attached hydrogens (tertiary/aromatic N) is 1. The molecule has 0 unspecified atom stereocenters. The Morgan fingerprint density at radius 3 is 2.42 bits per heavy atom. The molecule has 1 aliphatic heterocycles. The van der Waals surface area contributed by atoms with Crippen LogP contribution in [0.2, 0.25) is 0 Å². The molecule has 0 spiro atoms. The summed E-state index contributed by atoms with van der Waals surface area (Å²) in [4.78, 5) is 34.7. The lowest BCUT2D eigenvalue weighted by Gasteiger charge is -2.14. The number of carbonyl (C=O) groups excluding carboxylic acids is 3. The molecule has 1 aromatic heterocycles. The van der Waals surface area contributed by atoms with Crippen LogP contribution in [0.25, 0.3) is 11.8 Å². The number of hydrogen-bond acceptors (Lipinski definition) is 4. The van der Waals surface area contributed by atoms with Gasteiger partial charge in [-0.1, -0.05) is 0 Å². The second-order valence-electron chi connectivity index (χ2n) is 6.12. The minimum Gasteiger partial charge on any atom is -0.465 e. The van der Waals surface area contributed by atoms with Gasteiger partial charge in [0.25, 0.3) is 5.91 Å². The number of urea groups is 1. The number of esters is 1. The van der Waals surface area contributed by atoms with Crippen LogP contribution < -0.4 is 10.6 Å². The summed E-state index contributed by atoms with van der Waals surface area (Å²) in [5, 5.41) is 4.67. The number of benzene rings is 1. The van der Waals surface area contributed by atoms with Gasteiger partial charge in [-0.15, -0.1) is 0 Å². The van der Waals surface area contributed by atoms with Crippen LogP contribution in [0.4, 0.5) is 4.79 Å². The van der Waals surface area contributed by atoms with Gasteiger partial charge >= 0.3 is 12.0 Å². The highest BCUT2D eigenvalue weighted by atomic mass is 16.5. The molecule has 0 bridgehead atoms. The Bertz CT molecular complexity index is 969. The lowest BCUT2D eigenvalue weighted by molar-refractivity contribution is -0.115. The normalized spacial score (nSPS) is 15.2. The molecule has 1 saturated heterocycles. The Morgan fingerprint density at radius 1 is 1.12 bits per heavy atom. The van der Waals surface area contributed by atoms with Crippen LogP contribution in [0.3, 0.4) is 0 Å². The van der Waals surface area contributed by atoms with Crippen molar-refractivity contribution in [1.82, 2.24) is 15.2 Å². The third kappa shape index (κ3) is 2.99. The lowest BCUT2D eigenvalue weighted by atomic mass is 10.1. The Labute approximate surface area is 150 Å². The topological polar surface area (TPSA) is 89.4 Å². The van der Waals surface area contributed by atoms with Gasteiger partial charge in [-0.2, -0.15) is 0 Å². The number of hydrogen-bond donors (Lipinski definition) is 2. The molecule has 7 heteroatoms. The van der Waals surface area contributed by atoms with Gasteiger partial charge in [0.15, 0.2) is 0 Å². The fourth-order valence-corrected chi connectivity index (χ4v) is 3.09. The number of ether oxygens (including phenoxy) is 1. The van der Waals surface area contributed by atoms with Gasteiger partial charge in [0.2, 0.25) is 0 Å². The molecule has 0 radical (unpaired) electrons. The quantitative estimate of drug-likeness (QED) is 0.504. The van der Waals surface area contributed by atoms with E-state index < -0.39 is 11.9 Å². The number of imide groups is 1. The molecule has 1 fully saturated rings. The molecule has 3 rings (SSSR count). The zero-order valence-corrected chi connectivity index (χ0v) is 15.0. The van der Waals surface area contributed by atoms with Crippen molar-refractivity contribution in [2.75, 3.05) is 7.11 Å². The SMILES string of the molecule is COC(=O)c1ccc(-n2c(C)cc(/C=C3\NC(=O)NC3=O)c2C)c(C)c1. The van der Waals surface area contributed by atoms with Gasteiger partial charge in [-0.3, -0.25) is 10.1 Å². The maximum absolute atomic E-state index is 11.7. The van der Waals surface area contributed by atoms with E-state index >= 15 is 0 Å². The van der Waals surface area contributed by atoms with Crippen molar-refractivity contribution in [1.29, 1.82) is 0 Å². The number of methoxy groups -OCH3 is 1. The molecule has 2 heterocycles.